The quantitative estimate of drug-likeness (QED) is 0.588. The maximum absolute atomic E-state index is 9.77. The van der Waals surface area contributed by atoms with Gasteiger partial charge in [0.1, 0.15) is 0 Å². The summed E-state index contributed by atoms with van der Waals surface area (Å²) in [5.74, 6) is 0. The molecule has 0 bridgehead atoms. The van der Waals surface area contributed by atoms with Gasteiger partial charge in [0.2, 0.25) is 0 Å². The summed E-state index contributed by atoms with van der Waals surface area (Å²) in [4.78, 5) is 2.14. The van der Waals surface area contributed by atoms with Gasteiger partial charge in [0.15, 0.2) is 0 Å². The fourth-order valence-electron chi connectivity index (χ4n) is 1.93. The van der Waals surface area contributed by atoms with Crippen molar-refractivity contribution in [1.29, 1.82) is 0 Å². The van der Waals surface area contributed by atoms with Crippen molar-refractivity contribution in [2.24, 2.45) is 0 Å². The van der Waals surface area contributed by atoms with Gasteiger partial charge in [-0.1, -0.05) is 13.8 Å². The molecule has 0 spiro atoms. The number of ether oxygens (including phenoxy) is 1. The van der Waals surface area contributed by atoms with E-state index in [9.17, 15) is 5.11 Å². The molecule has 1 unspecified atom stereocenters. The number of hydrogen-bond acceptors (Lipinski definition) is 4. The van der Waals surface area contributed by atoms with E-state index < -0.39 is 6.10 Å². The van der Waals surface area contributed by atoms with Crippen LogP contribution in [0.1, 0.15) is 33.6 Å². The van der Waals surface area contributed by atoms with Crippen molar-refractivity contribution in [3.05, 3.63) is 0 Å². The lowest BCUT2D eigenvalue weighted by Gasteiger charge is -2.31. The zero-order valence-corrected chi connectivity index (χ0v) is 10.9. The first-order valence-corrected chi connectivity index (χ1v) is 6.30. The Labute approximate surface area is 99.2 Å². The molecule has 16 heavy (non-hydrogen) atoms. The Morgan fingerprint density at radius 2 is 1.81 bits per heavy atom. The second-order valence-corrected chi connectivity index (χ2v) is 4.00. The molecular formula is C12H27NO3. The van der Waals surface area contributed by atoms with Crippen LogP contribution in [-0.2, 0) is 4.74 Å². The van der Waals surface area contributed by atoms with E-state index in [1.54, 1.807) is 0 Å². The van der Waals surface area contributed by atoms with Crippen molar-refractivity contribution in [3.63, 3.8) is 0 Å². The lowest BCUT2D eigenvalue weighted by atomic mass is 10.1. The summed E-state index contributed by atoms with van der Waals surface area (Å²) in [6.07, 6.45) is 1.61. The number of aliphatic hydroxyl groups is 2. The van der Waals surface area contributed by atoms with E-state index in [0.29, 0.717) is 32.3 Å². The number of hydrogen-bond donors (Lipinski definition) is 2. The van der Waals surface area contributed by atoms with Gasteiger partial charge in [0.25, 0.3) is 0 Å². The molecular weight excluding hydrogens is 206 g/mol. The van der Waals surface area contributed by atoms with Crippen LogP contribution in [0.25, 0.3) is 0 Å². The van der Waals surface area contributed by atoms with E-state index in [1.165, 1.54) is 0 Å². The van der Waals surface area contributed by atoms with Crippen molar-refractivity contribution in [2.75, 3.05) is 32.9 Å². The molecule has 0 aromatic rings. The van der Waals surface area contributed by atoms with E-state index in [2.05, 4.69) is 18.7 Å². The third kappa shape index (κ3) is 6.43. The van der Waals surface area contributed by atoms with Gasteiger partial charge in [0.05, 0.1) is 19.3 Å². The third-order valence-corrected chi connectivity index (χ3v) is 2.81. The molecule has 0 fully saturated rings. The molecule has 0 aliphatic heterocycles. The molecule has 0 radical (unpaired) electrons. The van der Waals surface area contributed by atoms with Crippen LogP contribution in [0.15, 0.2) is 0 Å². The van der Waals surface area contributed by atoms with Crippen LogP contribution in [0, 0.1) is 0 Å². The smallest absolute Gasteiger partial charge is 0.0900 e. The largest absolute Gasteiger partial charge is 0.395 e. The summed E-state index contributed by atoms with van der Waals surface area (Å²) >= 11 is 0. The first-order valence-electron chi connectivity index (χ1n) is 6.30. The first-order chi connectivity index (χ1) is 7.69. The van der Waals surface area contributed by atoms with Gasteiger partial charge in [0, 0.05) is 25.7 Å². The van der Waals surface area contributed by atoms with Crippen LogP contribution < -0.4 is 0 Å². The van der Waals surface area contributed by atoms with Crippen molar-refractivity contribution in [2.45, 2.75) is 45.8 Å². The van der Waals surface area contributed by atoms with Gasteiger partial charge in [-0.05, 0) is 19.8 Å². The summed E-state index contributed by atoms with van der Waals surface area (Å²) in [5.41, 5.74) is 0. The summed E-state index contributed by atoms with van der Waals surface area (Å²) in [6, 6.07) is 0.434. The van der Waals surface area contributed by atoms with Crippen LogP contribution >= 0.6 is 0 Å². The van der Waals surface area contributed by atoms with Gasteiger partial charge in [-0.15, -0.1) is 0 Å². The minimum absolute atomic E-state index is 0.137. The molecule has 1 atom stereocenters. The molecule has 0 aromatic carbocycles. The second-order valence-electron chi connectivity index (χ2n) is 4.00. The van der Waals surface area contributed by atoms with Gasteiger partial charge in [-0.3, -0.25) is 4.90 Å². The summed E-state index contributed by atoms with van der Waals surface area (Å²) < 4.78 is 5.18. The molecule has 0 saturated carbocycles. The highest BCUT2D eigenvalue weighted by Crippen LogP contribution is 2.09. The Morgan fingerprint density at radius 3 is 2.25 bits per heavy atom. The van der Waals surface area contributed by atoms with Crippen molar-refractivity contribution in [1.82, 2.24) is 4.90 Å². The Bertz CT molecular complexity index is 151. The highest BCUT2D eigenvalue weighted by molar-refractivity contribution is 4.72. The van der Waals surface area contributed by atoms with Crippen LogP contribution in [-0.4, -0.2) is 60.2 Å². The van der Waals surface area contributed by atoms with E-state index in [0.717, 1.165) is 12.8 Å². The molecule has 4 heteroatoms. The zero-order chi connectivity index (χ0) is 12.4. The van der Waals surface area contributed by atoms with Crippen molar-refractivity contribution >= 4 is 0 Å². The molecule has 0 aliphatic carbocycles. The van der Waals surface area contributed by atoms with E-state index in [1.807, 2.05) is 6.92 Å². The molecule has 0 heterocycles. The highest BCUT2D eigenvalue weighted by Gasteiger charge is 2.17. The minimum atomic E-state index is -0.466. The van der Waals surface area contributed by atoms with Gasteiger partial charge in [-0.2, -0.15) is 0 Å². The first kappa shape index (κ1) is 15.8. The normalized spacial score (nSPS) is 13.7. The average Bonchev–Trinajstić information content (AvgIpc) is 2.28. The Kier molecular flexibility index (Phi) is 9.92. The standard InChI is InChI=1S/C12H27NO3/c1-4-11(5-2)13(7-8-14)9-12(15)10-16-6-3/h11-12,14-15H,4-10H2,1-3H3. The molecule has 0 aliphatic rings. The van der Waals surface area contributed by atoms with Crippen molar-refractivity contribution < 1.29 is 14.9 Å². The highest BCUT2D eigenvalue weighted by atomic mass is 16.5. The summed E-state index contributed by atoms with van der Waals surface area (Å²) in [5, 5.41) is 18.8. The average molecular weight is 233 g/mol. The molecule has 0 saturated heterocycles. The third-order valence-electron chi connectivity index (χ3n) is 2.81. The van der Waals surface area contributed by atoms with Gasteiger partial charge >= 0.3 is 0 Å². The number of aliphatic hydroxyl groups excluding tert-OH is 2. The minimum Gasteiger partial charge on any atom is -0.395 e. The number of nitrogens with zero attached hydrogens (tertiary/aromatic N) is 1. The van der Waals surface area contributed by atoms with Crippen molar-refractivity contribution in [3.8, 4) is 0 Å². The molecule has 0 amide bonds. The van der Waals surface area contributed by atoms with Gasteiger partial charge in [-0.25, -0.2) is 0 Å². The summed E-state index contributed by atoms with van der Waals surface area (Å²) in [6.45, 7) is 8.51. The fourth-order valence-corrected chi connectivity index (χ4v) is 1.93. The Morgan fingerprint density at radius 1 is 1.19 bits per heavy atom. The second kappa shape index (κ2) is 10.0. The lowest BCUT2D eigenvalue weighted by Crippen LogP contribution is -2.43. The van der Waals surface area contributed by atoms with E-state index in [-0.39, 0.29) is 6.61 Å². The topological polar surface area (TPSA) is 52.9 Å². The predicted molar refractivity (Wildman–Crippen MR) is 65.5 cm³/mol. The summed E-state index contributed by atoms with van der Waals surface area (Å²) in [7, 11) is 0. The van der Waals surface area contributed by atoms with E-state index in [4.69, 9.17) is 9.84 Å². The molecule has 98 valence electrons. The Hall–Kier alpha value is -0.160. The molecule has 0 rings (SSSR count). The van der Waals surface area contributed by atoms with Crippen LogP contribution in [0.3, 0.4) is 0 Å². The fraction of sp³-hybridized carbons (Fsp3) is 1.00. The van der Waals surface area contributed by atoms with Crippen LogP contribution in [0.4, 0.5) is 0 Å². The molecule has 4 nitrogen and oxygen atoms in total. The predicted octanol–water partition coefficient (Wildman–Crippen LogP) is 0.867. The van der Waals surface area contributed by atoms with Crippen LogP contribution in [0.2, 0.25) is 0 Å². The number of rotatable bonds is 10. The molecule has 2 N–H and O–H groups in total. The monoisotopic (exact) mass is 233 g/mol. The maximum Gasteiger partial charge on any atom is 0.0900 e. The lowest BCUT2D eigenvalue weighted by molar-refractivity contribution is 0.00748. The Balaban J connectivity index is 4.08. The van der Waals surface area contributed by atoms with Crippen LogP contribution in [0.5, 0.6) is 0 Å². The molecule has 0 aromatic heterocycles. The van der Waals surface area contributed by atoms with Gasteiger partial charge < -0.3 is 14.9 Å². The van der Waals surface area contributed by atoms with E-state index >= 15 is 0 Å². The maximum atomic E-state index is 9.77. The zero-order valence-electron chi connectivity index (χ0n) is 10.9. The SMILES string of the molecule is CCOCC(O)CN(CCO)C(CC)CC.